The average Bonchev–Trinajstić information content (AvgIpc) is 2.88. The molecule has 2 fully saturated rings. The third-order valence-electron chi connectivity index (χ3n) is 4.72. The van der Waals surface area contributed by atoms with Crippen molar-refractivity contribution in [3.63, 3.8) is 0 Å². The zero-order valence-electron chi connectivity index (χ0n) is 10.9. The Morgan fingerprint density at radius 1 is 1.45 bits per heavy atom. The van der Waals surface area contributed by atoms with Crippen LogP contribution in [0.4, 0.5) is 8.78 Å². The molecule has 2 nitrogen and oxygen atoms in total. The molecule has 3 aliphatic rings. The van der Waals surface area contributed by atoms with Gasteiger partial charge in [0.2, 0.25) is 0 Å². The van der Waals surface area contributed by atoms with E-state index in [0.29, 0.717) is 11.0 Å². The summed E-state index contributed by atoms with van der Waals surface area (Å²) in [5, 5.41) is 3.20. The van der Waals surface area contributed by atoms with Crippen LogP contribution in [0, 0.1) is 17.6 Å². The van der Waals surface area contributed by atoms with Gasteiger partial charge in [-0.15, -0.1) is 0 Å². The highest BCUT2D eigenvalue weighted by Crippen LogP contribution is 2.66. The second-order valence-electron chi connectivity index (χ2n) is 5.80. The minimum atomic E-state index is -0.467. The smallest absolute Gasteiger partial charge is 0.144 e. The van der Waals surface area contributed by atoms with E-state index in [-0.39, 0.29) is 11.5 Å². The van der Waals surface area contributed by atoms with Gasteiger partial charge in [-0.2, -0.15) is 0 Å². The summed E-state index contributed by atoms with van der Waals surface area (Å²) in [6, 6.07) is 2.76. The van der Waals surface area contributed by atoms with Crippen LogP contribution < -0.4 is 5.32 Å². The number of benzene rings is 1. The highest BCUT2D eigenvalue weighted by atomic mass is 79.9. The SMILES string of the molecule is C=C1NC(C)=C2[C@@H]3C[C@]3(c3c(F)ccc(Br)c3F)CN12. The first-order chi connectivity index (χ1) is 9.45. The van der Waals surface area contributed by atoms with Gasteiger partial charge >= 0.3 is 0 Å². The minimum absolute atomic E-state index is 0.188. The number of nitrogens with one attached hydrogen (secondary N) is 1. The third kappa shape index (κ3) is 1.31. The fraction of sp³-hybridized carbons (Fsp3) is 0.333. The van der Waals surface area contributed by atoms with Crippen LogP contribution in [0.3, 0.4) is 0 Å². The molecule has 0 spiro atoms. The number of hydrogen-bond donors (Lipinski definition) is 1. The van der Waals surface area contributed by atoms with Crippen molar-refractivity contribution in [2.75, 3.05) is 6.54 Å². The molecule has 0 bridgehead atoms. The van der Waals surface area contributed by atoms with E-state index in [0.717, 1.165) is 23.6 Å². The molecule has 1 aromatic rings. The molecule has 1 aromatic carbocycles. The van der Waals surface area contributed by atoms with Gasteiger partial charge in [-0.3, -0.25) is 0 Å². The number of hydrogen-bond acceptors (Lipinski definition) is 2. The number of rotatable bonds is 1. The van der Waals surface area contributed by atoms with Crippen molar-refractivity contribution in [3.05, 3.63) is 57.6 Å². The van der Waals surface area contributed by atoms with Crippen molar-refractivity contribution in [1.29, 1.82) is 0 Å². The van der Waals surface area contributed by atoms with E-state index in [2.05, 4.69) is 32.7 Å². The first-order valence-corrected chi connectivity index (χ1v) is 7.33. The molecule has 1 saturated heterocycles. The molecule has 1 saturated carbocycles. The van der Waals surface area contributed by atoms with Crippen molar-refractivity contribution in [1.82, 2.24) is 10.2 Å². The molecule has 0 aromatic heterocycles. The molecule has 2 heterocycles. The molecular weight excluding hydrogens is 326 g/mol. The molecule has 2 atom stereocenters. The van der Waals surface area contributed by atoms with Gasteiger partial charge in [0.15, 0.2) is 0 Å². The van der Waals surface area contributed by atoms with Gasteiger partial charge < -0.3 is 10.2 Å². The Morgan fingerprint density at radius 2 is 2.20 bits per heavy atom. The first-order valence-electron chi connectivity index (χ1n) is 6.54. The minimum Gasteiger partial charge on any atom is -0.344 e. The monoisotopic (exact) mass is 338 g/mol. The summed E-state index contributed by atoms with van der Waals surface area (Å²) in [4.78, 5) is 2.06. The second kappa shape index (κ2) is 3.64. The maximum atomic E-state index is 14.4. The van der Waals surface area contributed by atoms with Gasteiger partial charge in [-0.1, -0.05) is 6.58 Å². The lowest BCUT2D eigenvalue weighted by molar-refractivity contribution is 0.416. The van der Waals surface area contributed by atoms with Crippen molar-refractivity contribution in [2.24, 2.45) is 5.92 Å². The van der Waals surface area contributed by atoms with Crippen molar-refractivity contribution in [2.45, 2.75) is 18.8 Å². The van der Waals surface area contributed by atoms with E-state index in [1.165, 1.54) is 12.1 Å². The zero-order chi connectivity index (χ0) is 14.2. The zero-order valence-corrected chi connectivity index (χ0v) is 12.5. The fourth-order valence-electron chi connectivity index (χ4n) is 3.79. The molecule has 0 amide bonds. The Bertz CT molecular complexity index is 697. The highest BCUT2D eigenvalue weighted by Gasteiger charge is 2.67. The molecule has 0 radical (unpaired) electrons. The summed E-state index contributed by atoms with van der Waals surface area (Å²) in [5.74, 6) is 0.0733. The highest BCUT2D eigenvalue weighted by molar-refractivity contribution is 9.10. The van der Waals surface area contributed by atoms with E-state index in [1.54, 1.807) is 0 Å². The summed E-state index contributed by atoms with van der Waals surface area (Å²) in [6.07, 6.45) is 0.801. The van der Waals surface area contributed by atoms with Crippen LogP contribution in [-0.2, 0) is 5.41 Å². The lowest BCUT2D eigenvalue weighted by atomic mass is 9.93. The van der Waals surface area contributed by atoms with Crippen molar-refractivity contribution in [3.8, 4) is 0 Å². The third-order valence-corrected chi connectivity index (χ3v) is 5.33. The van der Waals surface area contributed by atoms with Gasteiger partial charge in [0, 0.05) is 34.8 Å². The maximum absolute atomic E-state index is 14.4. The molecule has 104 valence electrons. The summed E-state index contributed by atoms with van der Waals surface area (Å²) in [6.45, 7) is 6.55. The largest absolute Gasteiger partial charge is 0.344 e. The maximum Gasteiger partial charge on any atom is 0.144 e. The molecule has 5 heteroatoms. The standard InChI is InChI=1S/C15H13BrF2N2/c1-7-14-9-5-15(9,6-20(14)8(2)19-7)12-11(17)4-3-10(16)13(12)18/h3-4,9,19H,2,5-6H2,1H3/t9-,15-/m0/s1. The fourth-order valence-corrected chi connectivity index (χ4v) is 4.12. The first kappa shape index (κ1) is 12.4. The Kier molecular flexibility index (Phi) is 2.25. The molecule has 1 aliphatic carbocycles. The molecular formula is C15H13BrF2N2. The molecule has 1 N–H and O–H groups in total. The van der Waals surface area contributed by atoms with Gasteiger partial charge in [0.1, 0.15) is 17.5 Å². The topological polar surface area (TPSA) is 15.3 Å². The van der Waals surface area contributed by atoms with Gasteiger partial charge in [-0.05, 0) is 41.4 Å². The predicted molar refractivity (Wildman–Crippen MR) is 75.5 cm³/mol. The average molecular weight is 339 g/mol. The van der Waals surface area contributed by atoms with Crippen LogP contribution in [0.5, 0.6) is 0 Å². The Hall–Kier alpha value is -1.36. The summed E-state index contributed by atoms with van der Waals surface area (Å²) in [7, 11) is 0. The number of nitrogens with zero attached hydrogens (tertiary/aromatic N) is 1. The van der Waals surface area contributed by atoms with E-state index >= 15 is 0 Å². The Labute approximate surface area is 124 Å². The predicted octanol–water partition coefficient (Wildman–Crippen LogP) is 3.61. The normalized spacial score (nSPS) is 30.5. The number of fused-ring (bicyclic) bond motifs is 3. The number of piperidine rings is 1. The molecule has 0 unspecified atom stereocenters. The van der Waals surface area contributed by atoms with Crippen LogP contribution in [0.2, 0.25) is 0 Å². The van der Waals surface area contributed by atoms with E-state index in [1.807, 2.05) is 6.92 Å². The van der Waals surface area contributed by atoms with E-state index in [4.69, 9.17) is 0 Å². The number of halogens is 3. The van der Waals surface area contributed by atoms with E-state index in [9.17, 15) is 8.78 Å². The molecule has 2 aliphatic heterocycles. The summed E-state index contributed by atoms with van der Waals surface area (Å²) in [5.41, 5.74) is 1.99. The van der Waals surface area contributed by atoms with Crippen molar-refractivity contribution >= 4 is 15.9 Å². The van der Waals surface area contributed by atoms with Gasteiger partial charge in [-0.25, -0.2) is 8.78 Å². The Morgan fingerprint density at radius 3 is 2.90 bits per heavy atom. The van der Waals surface area contributed by atoms with Crippen LogP contribution in [0.1, 0.15) is 18.9 Å². The van der Waals surface area contributed by atoms with Gasteiger partial charge in [0.05, 0.1) is 4.47 Å². The van der Waals surface area contributed by atoms with Crippen LogP contribution in [0.15, 0.2) is 40.4 Å². The van der Waals surface area contributed by atoms with Crippen LogP contribution >= 0.6 is 15.9 Å². The molecule has 4 rings (SSSR count). The Balaban J connectivity index is 1.86. The lowest BCUT2D eigenvalue weighted by Crippen LogP contribution is -2.26. The van der Waals surface area contributed by atoms with Crippen molar-refractivity contribution < 1.29 is 8.78 Å². The summed E-state index contributed by atoms with van der Waals surface area (Å²) < 4.78 is 28.9. The summed E-state index contributed by atoms with van der Waals surface area (Å²) >= 11 is 3.16. The lowest BCUT2D eigenvalue weighted by Gasteiger charge is -2.21. The van der Waals surface area contributed by atoms with Gasteiger partial charge in [0.25, 0.3) is 0 Å². The second-order valence-corrected chi connectivity index (χ2v) is 6.65. The number of allylic oxidation sites excluding steroid dienone is 2. The van der Waals surface area contributed by atoms with Crippen LogP contribution in [0.25, 0.3) is 0 Å². The van der Waals surface area contributed by atoms with E-state index < -0.39 is 17.0 Å². The van der Waals surface area contributed by atoms with Crippen LogP contribution in [-0.4, -0.2) is 11.4 Å². The quantitative estimate of drug-likeness (QED) is 0.787. The molecule has 20 heavy (non-hydrogen) atoms.